The van der Waals surface area contributed by atoms with E-state index < -0.39 is 28.2 Å². The van der Waals surface area contributed by atoms with Crippen molar-refractivity contribution in [2.75, 3.05) is 32.8 Å². The molecule has 0 saturated carbocycles. The molecule has 3 heterocycles. The highest BCUT2D eigenvalue weighted by Crippen LogP contribution is 2.32. The molecule has 2 fully saturated rings. The minimum absolute atomic E-state index is 0.00194. The Kier molecular flexibility index (Phi) is 4.60. The van der Waals surface area contributed by atoms with Crippen molar-refractivity contribution in [2.24, 2.45) is 0 Å². The summed E-state index contributed by atoms with van der Waals surface area (Å²) in [4.78, 5) is 50.5. The highest BCUT2D eigenvalue weighted by Gasteiger charge is 2.42. The first-order valence-corrected chi connectivity index (χ1v) is 9.11. The zero-order chi connectivity index (χ0) is 19.9. The Morgan fingerprint density at radius 1 is 1.14 bits per heavy atom. The van der Waals surface area contributed by atoms with E-state index in [0.29, 0.717) is 39.1 Å². The summed E-state index contributed by atoms with van der Waals surface area (Å²) in [7, 11) is 0. The maximum atomic E-state index is 12.5. The van der Waals surface area contributed by atoms with Crippen molar-refractivity contribution >= 4 is 23.4 Å². The molecule has 4 rings (SSSR count). The molecule has 0 aromatic heterocycles. The minimum atomic E-state index is -0.731. The van der Waals surface area contributed by atoms with E-state index in [0.717, 1.165) is 4.90 Å². The summed E-state index contributed by atoms with van der Waals surface area (Å²) in [6, 6.07) is 3.94. The van der Waals surface area contributed by atoms with Gasteiger partial charge in [0.15, 0.2) is 5.79 Å². The molecule has 0 unspecified atom stereocenters. The highest BCUT2D eigenvalue weighted by atomic mass is 16.7. The smallest absolute Gasteiger partial charge is 0.282 e. The van der Waals surface area contributed by atoms with Crippen molar-refractivity contribution in [3.63, 3.8) is 0 Å². The van der Waals surface area contributed by atoms with E-state index in [-0.39, 0.29) is 30.0 Å². The van der Waals surface area contributed by atoms with Crippen LogP contribution in [0, 0.1) is 10.1 Å². The molecule has 148 valence electrons. The molecule has 1 aromatic rings. The van der Waals surface area contributed by atoms with Gasteiger partial charge < -0.3 is 14.4 Å². The summed E-state index contributed by atoms with van der Waals surface area (Å²) in [6.45, 7) is 1.95. The summed E-state index contributed by atoms with van der Waals surface area (Å²) < 4.78 is 11.3. The second kappa shape index (κ2) is 6.95. The molecule has 0 atom stereocenters. The average Bonchev–Trinajstić information content (AvgIpc) is 3.24. The number of ether oxygens (including phenoxy) is 2. The molecule has 1 spiro atoms. The van der Waals surface area contributed by atoms with Gasteiger partial charge in [-0.15, -0.1) is 0 Å². The number of fused-ring (bicyclic) bond motifs is 1. The molecule has 2 saturated heterocycles. The van der Waals surface area contributed by atoms with Gasteiger partial charge >= 0.3 is 0 Å². The standard InChI is InChI=1S/C18H19N3O7/c22-14(19-8-5-18(6-9-19)27-10-11-28-18)4-7-20-16(23)12-2-1-3-13(21(25)26)15(12)17(20)24/h1-3H,4-11H2. The van der Waals surface area contributed by atoms with E-state index in [9.17, 15) is 24.5 Å². The molecule has 0 aliphatic carbocycles. The number of carbonyl (C=O) groups is 3. The van der Waals surface area contributed by atoms with Gasteiger partial charge in [0.25, 0.3) is 17.5 Å². The second-order valence-electron chi connectivity index (χ2n) is 6.96. The van der Waals surface area contributed by atoms with Gasteiger partial charge in [-0.2, -0.15) is 0 Å². The van der Waals surface area contributed by atoms with E-state index in [4.69, 9.17) is 9.47 Å². The van der Waals surface area contributed by atoms with Gasteiger partial charge in [0, 0.05) is 45.0 Å². The van der Waals surface area contributed by atoms with Crippen LogP contribution in [-0.2, 0) is 14.3 Å². The highest BCUT2D eigenvalue weighted by molar-refractivity contribution is 6.23. The van der Waals surface area contributed by atoms with Crippen LogP contribution in [0.15, 0.2) is 18.2 Å². The quantitative estimate of drug-likeness (QED) is 0.427. The number of hydrogen-bond donors (Lipinski definition) is 0. The van der Waals surface area contributed by atoms with Crippen molar-refractivity contribution in [1.29, 1.82) is 0 Å². The number of imide groups is 1. The van der Waals surface area contributed by atoms with Crippen LogP contribution >= 0.6 is 0 Å². The van der Waals surface area contributed by atoms with Crippen molar-refractivity contribution in [1.82, 2.24) is 9.80 Å². The van der Waals surface area contributed by atoms with Gasteiger partial charge in [0.1, 0.15) is 5.56 Å². The summed E-state index contributed by atoms with van der Waals surface area (Å²) in [6.07, 6.45) is 1.13. The molecule has 28 heavy (non-hydrogen) atoms. The minimum Gasteiger partial charge on any atom is -0.347 e. The van der Waals surface area contributed by atoms with Gasteiger partial charge in [-0.1, -0.05) is 6.07 Å². The summed E-state index contributed by atoms with van der Waals surface area (Å²) in [5, 5.41) is 11.1. The average molecular weight is 389 g/mol. The summed E-state index contributed by atoms with van der Waals surface area (Å²) >= 11 is 0. The van der Waals surface area contributed by atoms with Crippen LogP contribution in [0.25, 0.3) is 0 Å². The maximum Gasteiger partial charge on any atom is 0.282 e. The van der Waals surface area contributed by atoms with Crippen LogP contribution in [0.1, 0.15) is 40.0 Å². The number of likely N-dealkylation sites (tertiary alicyclic amines) is 1. The molecule has 0 bridgehead atoms. The molecule has 0 N–H and O–H groups in total. The second-order valence-corrected chi connectivity index (χ2v) is 6.96. The van der Waals surface area contributed by atoms with Gasteiger partial charge in [0.05, 0.1) is 23.7 Å². The molecule has 3 aliphatic rings. The number of nitrogens with zero attached hydrogens (tertiary/aromatic N) is 3. The Morgan fingerprint density at radius 2 is 1.82 bits per heavy atom. The third-order valence-electron chi connectivity index (χ3n) is 5.41. The van der Waals surface area contributed by atoms with Crippen LogP contribution in [-0.4, -0.2) is 71.1 Å². The van der Waals surface area contributed by atoms with E-state index in [1.807, 2.05) is 0 Å². The predicted octanol–water partition coefficient (Wildman–Crippen LogP) is 0.946. The van der Waals surface area contributed by atoms with Crippen molar-refractivity contribution in [2.45, 2.75) is 25.0 Å². The first-order valence-electron chi connectivity index (χ1n) is 9.11. The van der Waals surface area contributed by atoms with Crippen molar-refractivity contribution in [3.8, 4) is 0 Å². The van der Waals surface area contributed by atoms with Gasteiger partial charge in [0.2, 0.25) is 5.91 Å². The monoisotopic (exact) mass is 389 g/mol. The number of rotatable bonds is 4. The molecule has 0 radical (unpaired) electrons. The molecular formula is C18H19N3O7. The Labute approximate surface area is 160 Å². The lowest BCUT2D eigenvalue weighted by Gasteiger charge is -2.37. The lowest BCUT2D eigenvalue weighted by atomic mass is 10.0. The predicted molar refractivity (Wildman–Crippen MR) is 93.5 cm³/mol. The summed E-state index contributed by atoms with van der Waals surface area (Å²) in [5.74, 6) is -2.11. The zero-order valence-corrected chi connectivity index (χ0v) is 15.1. The summed E-state index contributed by atoms with van der Waals surface area (Å²) in [5.41, 5.74) is -0.606. The lowest BCUT2D eigenvalue weighted by Crippen LogP contribution is -2.48. The molecule has 10 nitrogen and oxygen atoms in total. The fraction of sp³-hybridized carbons (Fsp3) is 0.500. The fourth-order valence-corrected chi connectivity index (χ4v) is 3.92. The largest absolute Gasteiger partial charge is 0.347 e. The van der Waals surface area contributed by atoms with E-state index in [1.54, 1.807) is 4.90 Å². The molecular weight excluding hydrogens is 370 g/mol. The number of amides is 3. The first-order chi connectivity index (χ1) is 13.4. The lowest BCUT2D eigenvalue weighted by molar-refractivity contribution is -0.385. The van der Waals surface area contributed by atoms with Crippen molar-refractivity contribution in [3.05, 3.63) is 39.4 Å². The third-order valence-corrected chi connectivity index (χ3v) is 5.41. The first kappa shape index (κ1) is 18.5. The Bertz CT molecular complexity index is 853. The maximum absolute atomic E-state index is 12.5. The molecule has 3 aliphatic heterocycles. The topological polar surface area (TPSA) is 119 Å². The van der Waals surface area contributed by atoms with Crippen LogP contribution in [0.3, 0.4) is 0 Å². The van der Waals surface area contributed by atoms with Crippen LogP contribution in [0.4, 0.5) is 5.69 Å². The molecule has 1 aromatic carbocycles. The van der Waals surface area contributed by atoms with Gasteiger partial charge in [-0.3, -0.25) is 29.4 Å². The van der Waals surface area contributed by atoms with E-state index >= 15 is 0 Å². The number of hydrogen-bond acceptors (Lipinski definition) is 7. The number of piperidine rings is 1. The number of nitro benzene ring substituents is 1. The van der Waals surface area contributed by atoms with Crippen LogP contribution in [0.2, 0.25) is 0 Å². The third kappa shape index (κ3) is 3.04. The number of carbonyl (C=O) groups excluding carboxylic acids is 3. The Hall–Kier alpha value is -2.85. The van der Waals surface area contributed by atoms with Gasteiger partial charge in [-0.05, 0) is 6.07 Å². The Morgan fingerprint density at radius 3 is 2.46 bits per heavy atom. The Balaban J connectivity index is 1.38. The zero-order valence-electron chi connectivity index (χ0n) is 15.1. The normalized spacial score (nSPS) is 20.7. The number of nitro groups is 1. The SMILES string of the molecule is O=C(CCN1C(=O)c2cccc([N+](=O)[O-])c2C1=O)N1CCC2(CC1)OCCO2. The number of benzene rings is 1. The van der Waals surface area contributed by atoms with E-state index in [1.165, 1.54) is 18.2 Å². The molecule has 3 amide bonds. The van der Waals surface area contributed by atoms with Crippen LogP contribution < -0.4 is 0 Å². The van der Waals surface area contributed by atoms with E-state index in [2.05, 4.69) is 0 Å². The van der Waals surface area contributed by atoms with Crippen LogP contribution in [0.5, 0.6) is 0 Å². The van der Waals surface area contributed by atoms with Crippen molar-refractivity contribution < 1.29 is 28.8 Å². The molecule has 10 heteroatoms. The fourth-order valence-electron chi connectivity index (χ4n) is 3.92. The van der Waals surface area contributed by atoms with Gasteiger partial charge in [-0.25, -0.2) is 0 Å².